The average Bonchev–Trinajstić information content (AvgIpc) is 1.97. The van der Waals surface area contributed by atoms with Crippen molar-refractivity contribution in [2.24, 2.45) is 0 Å². The van der Waals surface area contributed by atoms with Gasteiger partial charge in [0.15, 0.2) is 17.5 Å². The third-order valence-electron chi connectivity index (χ3n) is 1.34. The van der Waals surface area contributed by atoms with Gasteiger partial charge in [0, 0.05) is 10.6 Å². The molecule has 0 saturated carbocycles. The molecule has 60 valence electrons. The van der Waals surface area contributed by atoms with Gasteiger partial charge < -0.3 is 0 Å². The van der Waals surface area contributed by atoms with Crippen LogP contribution in [-0.2, 0) is 0 Å². The molecule has 4 heteroatoms. The van der Waals surface area contributed by atoms with E-state index in [0.29, 0.717) is 0 Å². The van der Waals surface area contributed by atoms with Crippen molar-refractivity contribution < 1.29 is 13.2 Å². The van der Waals surface area contributed by atoms with Gasteiger partial charge in [0.25, 0.3) is 0 Å². The van der Waals surface area contributed by atoms with E-state index in [0.717, 1.165) is 6.07 Å². The Bertz CT molecular complexity index is 270. The SMILES string of the molecule is Cc1c(Cl)cc(F)c(F)c1F. The molecule has 1 aromatic rings. The second-order valence-electron chi connectivity index (χ2n) is 2.09. The van der Waals surface area contributed by atoms with Crippen molar-refractivity contribution in [1.29, 1.82) is 0 Å². The first-order valence-corrected chi connectivity index (χ1v) is 3.21. The van der Waals surface area contributed by atoms with Crippen molar-refractivity contribution in [2.75, 3.05) is 0 Å². The zero-order chi connectivity index (χ0) is 8.59. The summed E-state index contributed by atoms with van der Waals surface area (Å²) in [6, 6.07) is 0.745. The lowest BCUT2D eigenvalue weighted by molar-refractivity contribution is 0.443. The quantitative estimate of drug-likeness (QED) is 0.425. The smallest absolute Gasteiger partial charge is 0.194 e. The Morgan fingerprint density at radius 2 is 1.73 bits per heavy atom. The van der Waals surface area contributed by atoms with Crippen molar-refractivity contribution in [1.82, 2.24) is 0 Å². The first kappa shape index (κ1) is 8.40. The van der Waals surface area contributed by atoms with Gasteiger partial charge in [0.05, 0.1) is 0 Å². The summed E-state index contributed by atoms with van der Waals surface area (Å²) < 4.78 is 37.2. The maximum atomic E-state index is 12.6. The normalized spacial score (nSPS) is 10.3. The minimum Gasteiger partial charge on any atom is -0.204 e. The number of rotatable bonds is 0. The summed E-state index contributed by atoms with van der Waals surface area (Å²) in [7, 11) is 0. The lowest BCUT2D eigenvalue weighted by Crippen LogP contribution is -1.94. The summed E-state index contributed by atoms with van der Waals surface area (Å²) >= 11 is 5.34. The van der Waals surface area contributed by atoms with Gasteiger partial charge in [-0.3, -0.25) is 0 Å². The Kier molecular flexibility index (Phi) is 2.09. The molecular weight excluding hydrogens is 177 g/mol. The molecule has 0 heterocycles. The fourth-order valence-corrected chi connectivity index (χ4v) is 0.836. The van der Waals surface area contributed by atoms with Crippen LogP contribution in [0.4, 0.5) is 13.2 Å². The largest absolute Gasteiger partial charge is 0.204 e. The van der Waals surface area contributed by atoms with Crippen LogP contribution in [0.5, 0.6) is 0 Å². The molecular formula is C7H4ClF3. The van der Waals surface area contributed by atoms with Gasteiger partial charge in [-0.15, -0.1) is 0 Å². The highest BCUT2D eigenvalue weighted by Gasteiger charge is 2.13. The third-order valence-corrected chi connectivity index (χ3v) is 1.74. The molecule has 1 aromatic carbocycles. The molecule has 11 heavy (non-hydrogen) atoms. The molecule has 0 bridgehead atoms. The van der Waals surface area contributed by atoms with E-state index in [1.54, 1.807) is 0 Å². The van der Waals surface area contributed by atoms with Crippen LogP contribution in [0.2, 0.25) is 5.02 Å². The maximum absolute atomic E-state index is 12.6. The van der Waals surface area contributed by atoms with Crippen LogP contribution >= 0.6 is 11.6 Å². The van der Waals surface area contributed by atoms with Gasteiger partial charge in [-0.2, -0.15) is 0 Å². The summed E-state index contributed by atoms with van der Waals surface area (Å²) in [5.74, 6) is -3.97. The van der Waals surface area contributed by atoms with Crippen molar-refractivity contribution in [2.45, 2.75) is 6.92 Å². The molecule has 0 aliphatic rings. The van der Waals surface area contributed by atoms with Crippen LogP contribution in [0.1, 0.15) is 5.56 Å². The monoisotopic (exact) mass is 180 g/mol. The van der Waals surface area contributed by atoms with E-state index in [2.05, 4.69) is 0 Å². The Morgan fingerprint density at radius 1 is 1.18 bits per heavy atom. The first-order valence-electron chi connectivity index (χ1n) is 2.83. The predicted octanol–water partition coefficient (Wildman–Crippen LogP) is 3.07. The molecule has 0 fully saturated rings. The van der Waals surface area contributed by atoms with Crippen molar-refractivity contribution in [3.05, 3.63) is 34.1 Å². The summed E-state index contributed by atoms with van der Waals surface area (Å²) in [4.78, 5) is 0. The molecule has 0 atom stereocenters. The van der Waals surface area contributed by atoms with Crippen molar-refractivity contribution in [3.63, 3.8) is 0 Å². The fraction of sp³-hybridized carbons (Fsp3) is 0.143. The van der Waals surface area contributed by atoms with E-state index in [1.807, 2.05) is 0 Å². The second-order valence-corrected chi connectivity index (χ2v) is 2.50. The highest BCUT2D eigenvalue weighted by atomic mass is 35.5. The van der Waals surface area contributed by atoms with Crippen LogP contribution in [0, 0.1) is 24.4 Å². The van der Waals surface area contributed by atoms with Crippen LogP contribution in [0.15, 0.2) is 6.07 Å². The molecule has 0 nitrogen and oxygen atoms in total. The maximum Gasteiger partial charge on any atom is 0.194 e. The minimum atomic E-state index is -1.48. The van der Waals surface area contributed by atoms with Gasteiger partial charge in [-0.25, -0.2) is 13.2 Å². The predicted molar refractivity (Wildman–Crippen MR) is 36.1 cm³/mol. The van der Waals surface area contributed by atoms with Crippen LogP contribution in [0.3, 0.4) is 0 Å². The average molecular weight is 181 g/mol. The van der Waals surface area contributed by atoms with Crippen LogP contribution in [0.25, 0.3) is 0 Å². The summed E-state index contributed by atoms with van der Waals surface area (Å²) in [5, 5.41) is -0.110. The highest BCUT2D eigenvalue weighted by Crippen LogP contribution is 2.22. The first-order chi connectivity index (χ1) is 5.04. The van der Waals surface area contributed by atoms with Crippen LogP contribution < -0.4 is 0 Å². The number of benzene rings is 1. The van der Waals surface area contributed by atoms with E-state index in [-0.39, 0.29) is 10.6 Å². The molecule has 0 spiro atoms. The topological polar surface area (TPSA) is 0 Å². The number of hydrogen-bond acceptors (Lipinski definition) is 0. The molecule has 1 rings (SSSR count). The minimum absolute atomic E-state index is 0.0782. The van der Waals surface area contributed by atoms with Gasteiger partial charge in [-0.1, -0.05) is 11.6 Å². The van der Waals surface area contributed by atoms with E-state index >= 15 is 0 Å². The van der Waals surface area contributed by atoms with Gasteiger partial charge in [-0.05, 0) is 13.0 Å². The fourth-order valence-electron chi connectivity index (χ4n) is 0.657. The Balaban J connectivity index is 3.46. The standard InChI is InChI=1S/C7H4ClF3/c1-3-4(8)2-5(9)7(11)6(3)10/h2H,1H3. The lowest BCUT2D eigenvalue weighted by Gasteiger charge is -2.00. The zero-order valence-electron chi connectivity index (χ0n) is 5.59. The van der Waals surface area contributed by atoms with E-state index < -0.39 is 17.5 Å². The molecule has 0 amide bonds. The van der Waals surface area contributed by atoms with E-state index in [1.165, 1.54) is 6.92 Å². The Labute approximate surface area is 66.6 Å². The van der Waals surface area contributed by atoms with Crippen molar-refractivity contribution in [3.8, 4) is 0 Å². The summed E-state index contributed by atoms with van der Waals surface area (Å²) in [5.41, 5.74) is -0.0782. The summed E-state index contributed by atoms with van der Waals surface area (Å²) in [6.45, 7) is 1.28. The molecule has 0 aromatic heterocycles. The summed E-state index contributed by atoms with van der Waals surface area (Å²) in [6.07, 6.45) is 0. The lowest BCUT2D eigenvalue weighted by atomic mass is 10.2. The molecule has 0 radical (unpaired) electrons. The van der Waals surface area contributed by atoms with E-state index in [9.17, 15) is 13.2 Å². The molecule has 0 unspecified atom stereocenters. The van der Waals surface area contributed by atoms with Gasteiger partial charge in [0.2, 0.25) is 0 Å². The molecule has 0 saturated heterocycles. The van der Waals surface area contributed by atoms with Crippen LogP contribution in [-0.4, -0.2) is 0 Å². The number of halogens is 4. The number of hydrogen-bond donors (Lipinski definition) is 0. The Morgan fingerprint density at radius 3 is 2.27 bits per heavy atom. The van der Waals surface area contributed by atoms with Gasteiger partial charge in [0.1, 0.15) is 0 Å². The van der Waals surface area contributed by atoms with Gasteiger partial charge >= 0.3 is 0 Å². The molecule has 0 aliphatic heterocycles. The zero-order valence-corrected chi connectivity index (χ0v) is 6.35. The Hall–Kier alpha value is -0.700. The molecule has 0 aliphatic carbocycles. The molecule has 0 N–H and O–H groups in total. The van der Waals surface area contributed by atoms with Crippen molar-refractivity contribution >= 4 is 11.6 Å². The second kappa shape index (κ2) is 2.74. The third kappa shape index (κ3) is 1.33. The van der Waals surface area contributed by atoms with E-state index in [4.69, 9.17) is 11.6 Å². The highest BCUT2D eigenvalue weighted by molar-refractivity contribution is 6.31.